The molecule has 2 rings (SSSR count). The zero-order valence-electron chi connectivity index (χ0n) is 20.0. The third kappa shape index (κ3) is 6.16. The molecule has 2 aromatic rings. The predicted molar refractivity (Wildman–Crippen MR) is 130 cm³/mol. The first-order valence-electron chi connectivity index (χ1n) is 10.8. The van der Waals surface area contributed by atoms with E-state index in [9.17, 15) is 13.2 Å². The van der Waals surface area contributed by atoms with Crippen molar-refractivity contribution in [1.29, 1.82) is 0 Å². The summed E-state index contributed by atoms with van der Waals surface area (Å²) < 4.78 is 33.5. The molecule has 0 fully saturated rings. The molecule has 1 amide bonds. The fraction of sp³-hybridized carbons (Fsp3) is 0.458. The Bertz CT molecular complexity index is 1020. The largest absolute Gasteiger partial charge is 0.497 e. The van der Waals surface area contributed by atoms with Crippen molar-refractivity contribution in [1.82, 2.24) is 4.90 Å². The zero-order valence-corrected chi connectivity index (χ0v) is 20.9. The number of rotatable bonds is 10. The summed E-state index contributed by atoms with van der Waals surface area (Å²) in [5.74, 6) is 0.540. The lowest BCUT2D eigenvalue weighted by molar-refractivity contribution is -0.137. The quantitative estimate of drug-likeness (QED) is 0.569. The van der Waals surface area contributed by atoms with E-state index in [1.165, 1.54) is 19.2 Å². The summed E-state index contributed by atoms with van der Waals surface area (Å²) in [6, 6.07) is 11.7. The fourth-order valence-corrected chi connectivity index (χ4v) is 4.42. The molecule has 1 N–H and O–H groups in total. The number of ether oxygens (including phenoxy) is 1. The summed E-state index contributed by atoms with van der Waals surface area (Å²) in [5.41, 5.74) is 2.25. The van der Waals surface area contributed by atoms with E-state index in [2.05, 4.69) is 11.6 Å². The molecule has 0 aliphatic heterocycles. The molecule has 176 valence electrons. The van der Waals surface area contributed by atoms with E-state index >= 15 is 0 Å². The zero-order chi connectivity index (χ0) is 24.1. The van der Waals surface area contributed by atoms with Crippen molar-refractivity contribution in [2.24, 2.45) is 5.92 Å². The highest BCUT2D eigenvalue weighted by molar-refractivity contribution is 7.92. The molecule has 2 aromatic carbocycles. The summed E-state index contributed by atoms with van der Waals surface area (Å²) in [5, 5.41) is 0. The lowest BCUT2D eigenvalue weighted by atomic mass is 10.1. The van der Waals surface area contributed by atoms with Gasteiger partial charge in [0.1, 0.15) is 5.75 Å². The van der Waals surface area contributed by atoms with Crippen LogP contribution in [0.5, 0.6) is 5.75 Å². The molecule has 32 heavy (non-hydrogen) atoms. The standard InChI is InChI=1S/C24H35N3O4S/c1-8-18(4)27(24(28)17(2)3)16-19-15-20(9-14-23(19)26(5)6)25-32(29,30)22-12-10-21(31-7)11-13-22/h9-15,17-18,25H,8,16H2,1-7H3/t18-/m1/s1. The number of nitrogens with zero attached hydrogens (tertiary/aromatic N) is 2. The topological polar surface area (TPSA) is 79.0 Å². The Kier molecular flexibility index (Phi) is 8.55. The molecule has 0 bridgehead atoms. The molecule has 0 spiro atoms. The first kappa shape index (κ1) is 25.5. The Morgan fingerprint density at radius 3 is 2.19 bits per heavy atom. The third-order valence-electron chi connectivity index (χ3n) is 5.42. The second kappa shape index (κ2) is 10.7. The van der Waals surface area contributed by atoms with Gasteiger partial charge < -0.3 is 14.5 Å². The van der Waals surface area contributed by atoms with Gasteiger partial charge in [-0.3, -0.25) is 9.52 Å². The number of sulfonamides is 1. The number of anilines is 2. The predicted octanol–water partition coefficient (Wildman–Crippen LogP) is 4.35. The summed E-state index contributed by atoms with van der Waals surface area (Å²) in [7, 11) is 1.62. The van der Waals surface area contributed by atoms with Crippen LogP contribution >= 0.6 is 0 Å². The third-order valence-corrected chi connectivity index (χ3v) is 6.82. The Hall–Kier alpha value is -2.74. The summed E-state index contributed by atoms with van der Waals surface area (Å²) in [6.07, 6.45) is 0.833. The van der Waals surface area contributed by atoms with E-state index in [1.807, 2.05) is 50.7 Å². The van der Waals surface area contributed by atoms with Gasteiger partial charge >= 0.3 is 0 Å². The van der Waals surface area contributed by atoms with Gasteiger partial charge in [-0.05, 0) is 61.4 Å². The minimum absolute atomic E-state index is 0.0690. The first-order valence-corrected chi connectivity index (χ1v) is 12.3. The SMILES string of the molecule is CC[C@@H](C)N(Cc1cc(NS(=O)(=O)c2ccc(OC)cc2)ccc1N(C)C)C(=O)C(C)C. The van der Waals surface area contributed by atoms with Crippen molar-refractivity contribution in [2.75, 3.05) is 30.8 Å². The smallest absolute Gasteiger partial charge is 0.261 e. The second-order valence-corrected chi connectivity index (χ2v) is 10.1. The average molecular weight is 462 g/mol. The number of hydrogen-bond donors (Lipinski definition) is 1. The average Bonchev–Trinajstić information content (AvgIpc) is 2.76. The van der Waals surface area contributed by atoms with Gasteiger partial charge in [0.25, 0.3) is 10.0 Å². The normalized spacial score (nSPS) is 12.4. The maximum Gasteiger partial charge on any atom is 0.261 e. The minimum Gasteiger partial charge on any atom is -0.497 e. The van der Waals surface area contributed by atoms with Crippen LogP contribution in [-0.4, -0.2) is 46.5 Å². The molecule has 7 nitrogen and oxygen atoms in total. The lowest BCUT2D eigenvalue weighted by Crippen LogP contribution is -2.40. The number of benzene rings is 2. The molecule has 8 heteroatoms. The van der Waals surface area contributed by atoms with Crippen molar-refractivity contribution < 1.29 is 17.9 Å². The molecular weight excluding hydrogens is 426 g/mol. The fourth-order valence-electron chi connectivity index (χ4n) is 3.37. The Morgan fingerprint density at radius 1 is 1.06 bits per heavy atom. The number of carbonyl (C=O) groups excluding carboxylic acids is 1. The molecule has 0 aromatic heterocycles. The highest BCUT2D eigenvalue weighted by Gasteiger charge is 2.24. The molecular formula is C24H35N3O4S. The van der Waals surface area contributed by atoms with Crippen molar-refractivity contribution in [2.45, 2.75) is 51.6 Å². The molecule has 0 unspecified atom stereocenters. The van der Waals surface area contributed by atoms with Crippen LogP contribution in [0.4, 0.5) is 11.4 Å². The Labute approximate surface area is 192 Å². The van der Waals surface area contributed by atoms with Crippen LogP contribution in [0.15, 0.2) is 47.4 Å². The Morgan fingerprint density at radius 2 is 1.69 bits per heavy atom. The molecule has 0 saturated carbocycles. The van der Waals surface area contributed by atoms with Crippen LogP contribution in [0.25, 0.3) is 0 Å². The highest BCUT2D eigenvalue weighted by Crippen LogP contribution is 2.28. The van der Waals surface area contributed by atoms with Crippen LogP contribution in [-0.2, 0) is 21.4 Å². The van der Waals surface area contributed by atoms with Crippen LogP contribution in [0, 0.1) is 5.92 Å². The number of hydrogen-bond acceptors (Lipinski definition) is 5. The summed E-state index contributed by atoms with van der Waals surface area (Å²) >= 11 is 0. The summed E-state index contributed by atoms with van der Waals surface area (Å²) in [6.45, 7) is 8.27. The monoisotopic (exact) mass is 461 g/mol. The Balaban J connectivity index is 2.40. The molecule has 1 atom stereocenters. The van der Waals surface area contributed by atoms with Gasteiger partial charge in [0.05, 0.1) is 12.0 Å². The van der Waals surface area contributed by atoms with Crippen LogP contribution in [0.2, 0.25) is 0 Å². The maximum atomic E-state index is 12.9. The first-order chi connectivity index (χ1) is 15.0. The van der Waals surface area contributed by atoms with Gasteiger partial charge in [-0.15, -0.1) is 0 Å². The van der Waals surface area contributed by atoms with Gasteiger partial charge in [-0.25, -0.2) is 8.42 Å². The molecule has 0 heterocycles. The van der Waals surface area contributed by atoms with Gasteiger partial charge in [-0.1, -0.05) is 20.8 Å². The van der Waals surface area contributed by atoms with Crippen LogP contribution < -0.4 is 14.4 Å². The number of nitrogens with one attached hydrogen (secondary N) is 1. The van der Waals surface area contributed by atoms with Crippen molar-refractivity contribution in [3.8, 4) is 5.75 Å². The van der Waals surface area contributed by atoms with Gasteiger partial charge in [0, 0.05) is 44.0 Å². The van der Waals surface area contributed by atoms with E-state index in [0.717, 1.165) is 17.7 Å². The van der Waals surface area contributed by atoms with E-state index in [4.69, 9.17) is 4.74 Å². The van der Waals surface area contributed by atoms with Crippen LogP contribution in [0.1, 0.15) is 39.7 Å². The van der Waals surface area contributed by atoms with E-state index in [0.29, 0.717) is 18.0 Å². The molecule has 0 aliphatic rings. The van der Waals surface area contributed by atoms with E-state index < -0.39 is 10.0 Å². The van der Waals surface area contributed by atoms with Gasteiger partial charge in [0.2, 0.25) is 5.91 Å². The van der Waals surface area contributed by atoms with E-state index in [1.54, 1.807) is 24.3 Å². The summed E-state index contributed by atoms with van der Waals surface area (Å²) in [4.78, 5) is 16.9. The van der Waals surface area contributed by atoms with Gasteiger partial charge in [-0.2, -0.15) is 0 Å². The molecule has 0 radical (unpaired) electrons. The van der Waals surface area contributed by atoms with Crippen LogP contribution in [0.3, 0.4) is 0 Å². The number of amides is 1. The van der Waals surface area contributed by atoms with E-state index in [-0.39, 0.29) is 22.8 Å². The number of carbonyl (C=O) groups is 1. The highest BCUT2D eigenvalue weighted by atomic mass is 32.2. The second-order valence-electron chi connectivity index (χ2n) is 8.40. The molecule has 0 aliphatic carbocycles. The maximum absolute atomic E-state index is 12.9. The van der Waals surface area contributed by atoms with Crippen molar-refractivity contribution >= 4 is 27.3 Å². The van der Waals surface area contributed by atoms with Crippen molar-refractivity contribution in [3.05, 3.63) is 48.0 Å². The van der Waals surface area contributed by atoms with Gasteiger partial charge in [0.15, 0.2) is 0 Å². The lowest BCUT2D eigenvalue weighted by Gasteiger charge is -2.32. The minimum atomic E-state index is -3.77. The number of methoxy groups -OCH3 is 1. The van der Waals surface area contributed by atoms with Crippen molar-refractivity contribution in [3.63, 3.8) is 0 Å². The molecule has 0 saturated heterocycles.